The van der Waals surface area contributed by atoms with Crippen LogP contribution < -0.4 is 4.90 Å². The van der Waals surface area contributed by atoms with Crippen LogP contribution in [-0.4, -0.2) is 18.1 Å². The van der Waals surface area contributed by atoms with Gasteiger partial charge in [-0.05, 0) is 37.7 Å². The summed E-state index contributed by atoms with van der Waals surface area (Å²) < 4.78 is 39.3. The summed E-state index contributed by atoms with van der Waals surface area (Å²) in [5.74, 6) is 1.28. The monoisotopic (exact) mass is 295 g/mol. The molecule has 0 bridgehead atoms. The molecular formula is C15H16F3N3. The Balaban J connectivity index is 2.03. The summed E-state index contributed by atoms with van der Waals surface area (Å²) >= 11 is 0. The Labute approximate surface area is 121 Å². The quantitative estimate of drug-likeness (QED) is 0.796. The minimum atomic E-state index is -4.52. The number of hydrogen-bond acceptors (Lipinski definition) is 3. The highest BCUT2D eigenvalue weighted by molar-refractivity contribution is 5.60. The fraction of sp³-hybridized carbons (Fsp3) is 0.600. The molecule has 1 aliphatic heterocycles. The molecule has 0 N–H and O–H groups in total. The summed E-state index contributed by atoms with van der Waals surface area (Å²) in [5.41, 5.74) is -0.911. The first-order valence-corrected chi connectivity index (χ1v) is 7.14. The Morgan fingerprint density at radius 1 is 1.29 bits per heavy atom. The number of nitriles is 1. The zero-order valence-electron chi connectivity index (χ0n) is 11.7. The third-order valence-corrected chi connectivity index (χ3v) is 4.57. The second kappa shape index (κ2) is 4.90. The van der Waals surface area contributed by atoms with Crippen LogP contribution in [0.4, 0.5) is 19.0 Å². The summed E-state index contributed by atoms with van der Waals surface area (Å²) in [6, 6.07) is 2.67. The molecule has 2 fully saturated rings. The van der Waals surface area contributed by atoms with Crippen molar-refractivity contribution in [1.29, 1.82) is 5.26 Å². The second-order valence-electron chi connectivity index (χ2n) is 5.98. The van der Waals surface area contributed by atoms with Crippen molar-refractivity contribution >= 4 is 5.82 Å². The molecule has 3 rings (SSSR count). The maximum Gasteiger partial charge on any atom is 0.417 e. The van der Waals surface area contributed by atoms with Crippen LogP contribution in [0.15, 0.2) is 6.07 Å². The smallest absolute Gasteiger partial charge is 0.355 e. The number of aryl methyl sites for hydroxylation is 1. The molecule has 0 spiro atoms. The maximum atomic E-state index is 13.1. The SMILES string of the molecule is Cc1cc(C(F)(F)F)c(C#N)c(N2CC3CCCC3C2)n1. The van der Waals surface area contributed by atoms with Crippen LogP contribution in [-0.2, 0) is 6.18 Å². The minimum Gasteiger partial charge on any atom is -0.355 e. The van der Waals surface area contributed by atoms with Crippen molar-refractivity contribution < 1.29 is 13.2 Å². The zero-order chi connectivity index (χ0) is 15.2. The third-order valence-electron chi connectivity index (χ3n) is 4.57. The standard InChI is InChI=1S/C15H16F3N3/c1-9-5-13(15(16,17)18)12(6-19)14(20-9)21-7-10-3-2-4-11(10)8-21/h5,10-11H,2-4,7-8H2,1H3. The van der Waals surface area contributed by atoms with E-state index in [1.54, 1.807) is 6.07 Å². The van der Waals surface area contributed by atoms with Gasteiger partial charge in [0.2, 0.25) is 0 Å². The van der Waals surface area contributed by atoms with E-state index in [4.69, 9.17) is 0 Å². The van der Waals surface area contributed by atoms with Gasteiger partial charge < -0.3 is 4.90 Å². The average Bonchev–Trinajstić information content (AvgIpc) is 2.97. The van der Waals surface area contributed by atoms with E-state index >= 15 is 0 Å². The van der Waals surface area contributed by atoms with E-state index in [-0.39, 0.29) is 11.4 Å². The topological polar surface area (TPSA) is 39.9 Å². The molecule has 0 radical (unpaired) electrons. The number of aromatic nitrogens is 1. The van der Waals surface area contributed by atoms with Crippen molar-refractivity contribution in [2.75, 3.05) is 18.0 Å². The van der Waals surface area contributed by atoms with Crippen LogP contribution in [0.1, 0.15) is 36.1 Å². The lowest BCUT2D eigenvalue weighted by molar-refractivity contribution is -0.137. The Bertz CT molecular complexity index is 591. The summed E-state index contributed by atoms with van der Waals surface area (Å²) in [6.45, 7) is 2.97. The number of hydrogen-bond donors (Lipinski definition) is 0. The first-order chi connectivity index (χ1) is 9.90. The Hall–Kier alpha value is -1.77. The van der Waals surface area contributed by atoms with E-state index in [2.05, 4.69) is 4.98 Å². The summed E-state index contributed by atoms with van der Waals surface area (Å²) in [5, 5.41) is 9.20. The van der Waals surface area contributed by atoms with Crippen molar-refractivity contribution in [3.63, 3.8) is 0 Å². The number of rotatable bonds is 1. The van der Waals surface area contributed by atoms with Crippen LogP contribution in [0.5, 0.6) is 0 Å². The molecular weight excluding hydrogens is 279 g/mol. The van der Waals surface area contributed by atoms with Crippen molar-refractivity contribution in [3.05, 3.63) is 22.9 Å². The van der Waals surface area contributed by atoms with Gasteiger partial charge in [-0.15, -0.1) is 0 Å². The van der Waals surface area contributed by atoms with Crippen LogP contribution in [0.2, 0.25) is 0 Å². The van der Waals surface area contributed by atoms with Gasteiger partial charge in [0.25, 0.3) is 0 Å². The molecule has 112 valence electrons. The molecule has 2 unspecified atom stereocenters. The van der Waals surface area contributed by atoms with E-state index in [0.29, 0.717) is 30.6 Å². The van der Waals surface area contributed by atoms with E-state index in [1.807, 2.05) is 4.90 Å². The molecule has 1 aromatic heterocycles. The van der Waals surface area contributed by atoms with E-state index in [1.165, 1.54) is 13.3 Å². The highest BCUT2D eigenvalue weighted by Crippen LogP contribution is 2.42. The predicted octanol–water partition coefficient (Wildman–Crippen LogP) is 3.52. The molecule has 1 saturated heterocycles. The molecule has 0 aromatic carbocycles. The number of alkyl halides is 3. The molecule has 2 heterocycles. The summed E-state index contributed by atoms with van der Waals surface area (Å²) in [4.78, 5) is 6.10. The van der Waals surface area contributed by atoms with Gasteiger partial charge in [-0.3, -0.25) is 0 Å². The van der Waals surface area contributed by atoms with Crippen molar-refractivity contribution in [3.8, 4) is 6.07 Å². The highest BCUT2D eigenvalue weighted by Gasteiger charge is 2.40. The van der Waals surface area contributed by atoms with Gasteiger partial charge in [-0.1, -0.05) is 6.42 Å². The molecule has 1 saturated carbocycles. The van der Waals surface area contributed by atoms with E-state index in [9.17, 15) is 18.4 Å². The Kier molecular flexibility index (Phi) is 3.31. The normalized spacial score (nSPS) is 25.0. The Morgan fingerprint density at radius 3 is 2.43 bits per heavy atom. The number of fused-ring (bicyclic) bond motifs is 1. The molecule has 0 amide bonds. The van der Waals surface area contributed by atoms with Crippen LogP contribution >= 0.6 is 0 Å². The predicted molar refractivity (Wildman–Crippen MR) is 71.7 cm³/mol. The molecule has 1 aliphatic carbocycles. The van der Waals surface area contributed by atoms with Gasteiger partial charge in [0.15, 0.2) is 0 Å². The molecule has 2 aliphatic rings. The molecule has 1 aromatic rings. The van der Waals surface area contributed by atoms with Gasteiger partial charge in [0.05, 0.1) is 5.56 Å². The van der Waals surface area contributed by atoms with Gasteiger partial charge in [0, 0.05) is 18.8 Å². The number of halogens is 3. The van der Waals surface area contributed by atoms with Gasteiger partial charge in [-0.25, -0.2) is 4.98 Å². The Morgan fingerprint density at radius 2 is 1.90 bits per heavy atom. The molecule has 6 heteroatoms. The largest absolute Gasteiger partial charge is 0.417 e. The number of pyridine rings is 1. The first-order valence-electron chi connectivity index (χ1n) is 7.14. The summed E-state index contributed by atoms with van der Waals surface area (Å²) in [7, 11) is 0. The number of nitrogens with zero attached hydrogens (tertiary/aromatic N) is 3. The highest BCUT2D eigenvalue weighted by atomic mass is 19.4. The second-order valence-corrected chi connectivity index (χ2v) is 5.98. The lowest BCUT2D eigenvalue weighted by Gasteiger charge is -2.22. The van der Waals surface area contributed by atoms with Gasteiger partial charge in [0.1, 0.15) is 17.5 Å². The fourth-order valence-corrected chi connectivity index (χ4v) is 3.63. The van der Waals surface area contributed by atoms with E-state index in [0.717, 1.165) is 18.9 Å². The average molecular weight is 295 g/mol. The first kappa shape index (κ1) is 14.2. The van der Waals surface area contributed by atoms with Gasteiger partial charge in [-0.2, -0.15) is 18.4 Å². The maximum absolute atomic E-state index is 13.1. The molecule has 21 heavy (non-hydrogen) atoms. The zero-order valence-corrected chi connectivity index (χ0v) is 11.7. The molecule has 3 nitrogen and oxygen atoms in total. The lowest BCUT2D eigenvalue weighted by Crippen LogP contribution is -2.25. The summed E-state index contributed by atoms with van der Waals surface area (Å²) in [6.07, 6.45) is -1.07. The molecule has 2 atom stereocenters. The van der Waals surface area contributed by atoms with E-state index < -0.39 is 11.7 Å². The van der Waals surface area contributed by atoms with Crippen molar-refractivity contribution in [2.45, 2.75) is 32.4 Å². The lowest BCUT2D eigenvalue weighted by atomic mass is 10.0. The number of anilines is 1. The fourth-order valence-electron chi connectivity index (χ4n) is 3.63. The van der Waals surface area contributed by atoms with Crippen LogP contribution in [0, 0.1) is 30.1 Å². The van der Waals surface area contributed by atoms with Crippen molar-refractivity contribution in [1.82, 2.24) is 4.98 Å². The third kappa shape index (κ3) is 2.45. The van der Waals surface area contributed by atoms with Crippen LogP contribution in [0.3, 0.4) is 0 Å². The van der Waals surface area contributed by atoms with Crippen molar-refractivity contribution in [2.24, 2.45) is 11.8 Å². The minimum absolute atomic E-state index is 0.208. The van der Waals surface area contributed by atoms with Gasteiger partial charge >= 0.3 is 6.18 Å². The van der Waals surface area contributed by atoms with Crippen LogP contribution in [0.25, 0.3) is 0 Å².